The second-order valence-electron chi connectivity index (χ2n) is 8.69. The van der Waals surface area contributed by atoms with Gasteiger partial charge < -0.3 is 19.5 Å². The number of rotatable bonds is 6. The Morgan fingerprint density at radius 1 is 1.38 bits per heavy atom. The van der Waals surface area contributed by atoms with Crippen LogP contribution in [0.3, 0.4) is 0 Å². The van der Waals surface area contributed by atoms with Crippen molar-refractivity contribution in [2.24, 2.45) is 13.0 Å². The molecule has 2 aliphatic rings. The van der Waals surface area contributed by atoms with Gasteiger partial charge in [0.2, 0.25) is 11.9 Å². The van der Waals surface area contributed by atoms with Crippen LogP contribution in [0.4, 0.5) is 5.95 Å². The highest BCUT2D eigenvalue weighted by atomic mass is 16.5. The first-order valence-corrected chi connectivity index (χ1v) is 10.4. The molecule has 2 aromatic heterocycles. The van der Waals surface area contributed by atoms with E-state index in [0.717, 1.165) is 36.3 Å². The van der Waals surface area contributed by atoms with Crippen molar-refractivity contribution in [2.45, 2.75) is 51.7 Å². The summed E-state index contributed by atoms with van der Waals surface area (Å²) in [6.45, 7) is 7.49. The number of aryl methyl sites for hydroxylation is 1. The van der Waals surface area contributed by atoms with Crippen LogP contribution >= 0.6 is 0 Å². The third kappa shape index (κ3) is 4.12. The van der Waals surface area contributed by atoms with Crippen LogP contribution in [0.2, 0.25) is 0 Å². The maximum absolute atomic E-state index is 12.7. The van der Waals surface area contributed by atoms with E-state index in [1.165, 1.54) is 0 Å². The molecule has 1 N–H and O–H groups in total. The van der Waals surface area contributed by atoms with E-state index < -0.39 is 0 Å². The van der Waals surface area contributed by atoms with Gasteiger partial charge in [-0.1, -0.05) is 13.8 Å². The number of carbonyl (C=O) groups is 1. The fraction of sp³-hybridized carbons (Fsp3) is 0.619. The monoisotopic (exact) mass is 398 g/mol. The molecule has 1 saturated heterocycles. The fourth-order valence-electron chi connectivity index (χ4n) is 4.17. The van der Waals surface area contributed by atoms with Crippen LogP contribution in [0.5, 0.6) is 0 Å². The Kier molecular flexibility index (Phi) is 5.54. The minimum absolute atomic E-state index is 0.229. The summed E-state index contributed by atoms with van der Waals surface area (Å²) in [5.74, 6) is 1.39. The van der Waals surface area contributed by atoms with Gasteiger partial charge in [-0.2, -0.15) is 0 Å². The first-order valence-electron chi connectivity index (χ1n) is 10.4. The Labute approximate surface area is 171 Å². The molecule has 29 heavy (non-hydrogen) atoms. The number of ether oxygens (including phenoxy) is 1. The van der Waals surface area contributed by atoms with Gasteiger partial charge >= 0.3 is 0 Å². The zero-order valence-corrected chi connectivity index (χ0v) is 17.5. The maximum atomic E-state index is 12.7. The second-order valence-corrected chi connectivity index (χ2v) is 8.69. The molecular formula is C21H30N6O2. The lowest BCUT2D eigenvalue weighted by atomic mass is 9.80. The van der Waals surface area contributed by atoms with Crippen molar-refractivity contribution in [3.63, 3.8) is 0 Å². The van der Waals surface area contributed by atoms with Crippen molar-refractivity contribution in [1.82, 2.24) is 24.4 Å². The molecule has 1 amide bonds. The summed E-state index contributed by atoms with van der Waals surface area (Å²) in [5, 5.41) is 3.31. The van der Waals surface area contributed by atoms with Crippen molar-refractivity contribution in [3.05, 3.63) is 35.7 Å². The fourth-order valence-corrected chi connectivity index (χ4v) is 4.17. The number of nitrogens with one attached hydrogen (secondary N) is 1. The zero-order valence-electron chi connectivity index (χ0n) is 17.5. The molecule has 1 unspecified atom stereocenters. The van der Waals surface area contributed by atoms with E-state index in [4.69, 9.17) is 9.72 Å². The molecule has 4 rings (SSSR count). The highest BCUT2D eigenvalue weighted by Crippen LogP contribution is 2.39. The number of nitrogens with zero attached hydrogens (tertiary/aromatic N) is 5. The minimum Gasteiger partial charge on any atom is -0.376 e. The van der Waals surface area contributed by atoms with E-state index >= 15 is 0 Å². The maximum Gasteiger partial charge on any atom is 0.223 e. The number of carbonyl (C=O) groups excluding carboxylic acids is 1. The molecule has 4 heterocycles. The van der Waals surface area contributed by atoms with Crippen LogP contribution in [0.15, 0.2) is 18.7 Å². The molecule has 1 spiro atoms. The van der Waals surface area contributed by atoms with Gasteiger partial charge in [-0.25, -0.2) is 15.0 Å². The molecule has 2 aliphatic heterocycles. The van der Waals surface area contributed by atoms with Gasteiger partial charge in [0.05, 0.1) is 42.9 Å². The third-order valence-electron chi connectivity index (χ3n) is 5.99. The van der Waals surface area contributed by atoms with Crippen molar-refractivity contribution in [3.8, 4) is 0 Å². The Hall–Kier alpha value is -2.48. The summed E-state index contributed by atoms with van der Waals surface area (Å²) in [6.07, 6.45) is 7.89. The van der Waals surface area contributed by atoms with E-state index in [0.29, 0.717) is 44.6 Å². The zero-order chi connectivity index (χ0) is 20.4. The smallest absolute Gasteiger partial charge is 0.223 e. The lowest BCUT2D eigenvalue weighted by Gasteiger charge is -2.34. The number of imidazole rings is 1. The van der Waals surface area contributed by atoms with Crippen LogP contribution in [0, 0.1) is 5.92 Å². The van der Waals surface area contributed by atoms with Gasteiger partial charge in [-0.05, 0) is 18.8 Å². The topological polar surface area (TPSA) is 85.2 Å². The van der Waals surface area contributed by atoms with E-state index in [9.17, 15) is 4.79 Å². The van der Waals surface area contributed by atoms with Gasteiger partial charge in [0.15, 0.2) is 0 Å². The largest absolute Gasteiger partial charge is 0.376 e. The number of fused-ring (bicyclic) bond motifs is 2. The van der Waals surface area contributed by atoms with E-state index in [1.54, 1.807) is 6.33 Å². The Balaban J connectivity index is 1.50. The number of aromatic nitrogens is 4. The lowest BCUT2D eigenvalue weighted by molar-refractivity contribution is -0.130. The van der Waals surface area contributed by atoms with Gasteiger partial charge in [-0.15, -0.1) is 0 Å². The summed E-state index contributed by atoms with van der Waals surface area (Å²) in [7, 11) is 1.97. The summed E-state index contributed by atoms with van der Waals surface area (Å²) in [4.78, 5) is 28.1. The molecule has 1 fully saturated rings. The minimum atomic E-state index is -0.229. The quantitative estimate of drug-likeness (QED) is 0.803. The highest BCUT2D eigenvalue weighted by Gasteiger charge is 2.46. The number of likely N-dealkylation sites (tertiary alicyclic amines) is 1. The molecule has 8 heteroatoms. The number of hydrogen-bond acceptors (Lipinski definition) is 6. The van der Waals surface area contributed by atoms with Crippen LogP contribution in [0.25, 0.3) is 0 Å². The summed E-state index contributed by atoms with van der Waals surface area (Å²) < 4.78 is 7.86. The van der Waals surface area contributed by atoms with Gasteiger partial charge in [0.25, 0.3) is 0 Å². The number of anilines is 1. The van der Waals surface area contributed by atoms with E-state index in [2.05, 4.69) is 29.1 Å². The van der Waals surface area contributed by atoms with E-state index in [1.807, 2.05) is 28.9 Å². The Morgan fingerprint density at radius 3 is 3.00 bits per heavy atom. The molecule has 0 aromatic carbocycles. The molecule has 0 radical (unpaired) electrons. The summed E-state index contributed by atoms with van der Waals surface area (Å²) in [5.41, 5.74) is 2.89. The standard InChI is InChI=1S/C21H30N6O2/c1-15(2)4-5-18(28)27-7-6-21(12-27)13-29-11-16-8-23-20(25-19(16)21)24-10-17-9-22-14-26(17)3/h8-9,14-15H,4-7,10-13H2,1-3H3,(H,23,24,25). The Bertz CT molecular complexity index is 880. The first-order chi connectivity index (χ1) is 14.0. The van der Waals surface area contributed by atoms with Crippen LogP contribution in [0.1, 0.15) is 50.1 Å². The Morgan fingerprint density at radius 2 is 2.24 bits per heavy atom. The third-order valence-corrected chi connectivity index (χ3v) is 5.99. The van der Waals surface area contributed by atoms with Gasteiger partial charge in [0.1, 0.15) is 0 Å². The van der Waals surface area contributed by atoms with Crippen molar-refractivity contribution < 1.29 is 9.53 Å². The average Bonchev–Trinajstić information content (AvgIpc) is 3.32. The molecule has 0 aliphatic carbocycles. The van der Waals surface area contributed by atoms with Crippen LogP contribution < -0.4 is 5.32 Å². The lowest BCUT2D eigenvalue weighted by Crippen LogP contribution is -2.41. The van der Waals surface area contributed by atoms with Crippen molar-refractivity contribution in [1.29, 1.82) is 0 Å². The van der Waals surface area contributed by atoms with Crippen molar-refractivity contribution >= 4 is 11.9 Å². The highest BCUT2D eigenvalue weighted by molar-refractivity contribution is 5.76. The number of hydrogen-bond donors (Lipinski definition) is 1. The normalized spacial score (nSPS) is 21.0. The van der Waals surface area contributed by atoms with Crippen LogP contribution in [-0.4, -0.2) is 50.0 Å². The van der Waals surface area contributed by atoms with E-state index in [-0.39, 0.29) is 11.3 Å². The summed E-state index contributed by atoms with van der Waals surface area (Å²) >= 11 is 0. The molecule has 2 aromatic rings. The second kappa shape index (κ2) is 8.10. The molecule has 1 atom stereocenters. The van der Waals surface area contributed by atoms with Crippen LogP contribution in [-0.2, 0) is 35.1 Å². The van der Waals surface area contributed by atoms with Gasteiger partial charge in [0, 0.05) is 44.5 Å². The summed E-state index contributed by atoms with van der Waals surface area (Å²) in [6, 6.07) is 0. The molecule has 8 nitrogen and oxygen atoms in total. The van der Waals surface area contributed by atoms with Crippen molar-refractivity contribution in [2.75, 3.05) is 25.0 Å². The molecule has 156 valence electrons. The average molecular weight is 399 g/mol. The molecular weight excluding hydrogens is 368 g/mol. The predicted octanol–water partition coefficient (Wildman–Crippen LogP) is 2.26. The SMILES string of the molecule is CC(C)CCC(=O)N1CCC2(COCc3cnc(NCc4cncn4C)nc32)C1. The number of amides is 1. The van der Waals surface area contributed by atoms with Gasteiger partial charge in [-0.3, -0.25) is 4.79 Å². The first kappa shape index (κ1) is 19.8. The predicted molar refractivity (Wildman–Crippen MR) is 109 cm³/mol. The molecule has 0 saturated carbocycles. The molecule has 0 bridgehead atoms.